The lowest BCUT2D eigenvalue weighted by Crippen LogP contribution is -2.74. The van der Waals surface area contributed by atoms with Crippen LogP contribution in [0.3, 0.4) is 0 Å². The van der Waals surface area contributed by atoms with Crippen LogP contribution in [-0.2, 0) is 12.9 Å². The second-order valence-corrected chi connectivity index (χ2v) is 12.7. The molecule has 1 heterocycles. The van der Waals surface area contributed by atoms with E-state index in [0.29, 0.717) is 0 Å². The summed E-state index contributed by atoms with van der Waals surface area (Å²) in [7, 11) is 0. The van der Waals surface area contributed by atoms with Gasteiger partial charge in [0.1, 0.15) is 47.6 Å². The monoisotopic (exact) mass is 815 g/mol. The van der Waals surface area contributed by atoms with E-state index < -0.39 is 122 Å². The molecule has 0 amide bonds. The number of unbranched alkanes of at least 4 members (excludes halogenated alkanes) is 1. The number of aromatic nitrogens is 1. The fraction of sp³-hybridized carbons (Fsp3) is 0.125. The van der Waals surface area contributed by atoms with Gasteiger partial charge >= 0.3 is 0 Å². The highest BCUT2D eigenvalue weighted by atomic mass is 19.2. The van der Waals surface area contributed by atoms with Gasteiger partial charge in [-0.15, -0.1) is 22.7 Å². The van der Waals surface area contributed by atoms with Crippen LogP contribution in [0.2, 0.25) is 0 Å². The summed E-state index contributed by atoms with van der Waals surface area (Å²) in [5.41, 5.74) is -5.92. The number of rotatable bonds is 9. The summed E-state index contributed by atoms with van der Waals surface area (Å²) in [6, 6.07) is 19.8. The average Bonchev–Trinajstić information content (AvgIpc) is 3.22. The quantitative estimate of drug-likeness (QED) is 0.0451. The van der Waals surface area contributed by atoms with Gasteiger partial charge in [-0.3, -0.25) is 0 Å². The van der Waals surface area contributed by atoms with E-state index in [0.717, 1.165) is 30.8 Å². The maximum atomic E-state index is 15.3. The van der Waals surface area contributed by atoms with Gasteiger partial charge < -0.3 is 0 Å². The van der Waals surface area contributed by atoms with E-state index in [9.17, 15) is 39.5 Å². The lowest BCUT2D eigenvalue weighted by molar-refractivity contribution is -0.697. The predicted octanol–water partition coefficient (Wildman–Crippen LogP) is 9.47. The molecule has 0 fully saturated rings. The molecule has 57 heavy (non-hydrogen) atoms. The van der Waals surface area contributed by atoms with Gasteiger partial charge in [-0.05, 0) is 11.1 Å². The second-order valence-electron chi connectivity index (χ2n) is 12.7. The van der Waals surface area contributed by atoms with Crippen LogP contribution in [-0.4, -0.2) is 6.15 Å². The fourth-order valence-electron chi connectivity index (χ4n) is 6.64. The van der Waals surface area contributed by atoms with E-state index in [4.69, 9.17) is 0 Å². The second kappa shape index (κ2) is 17.2. The first-order chi connectivity index (χ1) is 27.0. The largest absolute Gasteiger partial charge is 0.207 e. The van der Waals surface area contributed by atoms with E-state index in [1.54, 1.807) is 0 Å². The van der Waals surface area contributed by atoms with Crippen LogP contribution >= 0.6 is 0 Å². The third-order valence-electron chi connectivity index (χ3n) is 9.36. The van der Waals surface area contributed by atoms with Crippen LogP contribution < -0.4 is 21.0 Å². The van der Waals surface area contributed by atoms with Crippen LogP contribution in [0.4, 0.5) is 65.9 Å². The van der Waals surface area contributed by atoms with Crippen molar-refractivity contribution in [2.45, 2.75) is 32.6 Å². The van der Waals surface area contributed by atoms with Gasteiger partial charge in [-0.2, -0.15) is 0 Å². The standard InChI is InChI=1S/C25H7BF15.C15H18N/c27-11-8(12(28)18(34)23(39)17(11)33)26(6-7-4-2-1-3-5-7,9-13(29)19(35)24(40)20(36)14(9)30)10-15(31)21(37)25(41)22(38)16(10)32;1-2-3-11-16-12-9-15(10-13-16)14-7-5-4-6-8-14/h1-5H,6H2;4-10,12-13H,2-3,11H2,1H3/q-1;+1. The van der Waals surface area contributed by atoms with Crippen LogP contribution in [0.25, 0.3) is 11.1 Å². The molecule has 0 N–H and O–H groups in total. The first-order valence-corrected chi connectivity index (χ1v) is 16.8. The summed E-state index contributed by atoms with van der Waals surface area (Å²) in [5.74, 6) is -45.2. The van der Waals surface area contributed by atoms with Gasteiger partial charge in [0, 0.05) is 18.6 Å². The van der Waals surface area contributed by atoms with Gasteiger partial charge in [0.25, 0.3) is 0 Å². The van der Waals surface area contributed by atoms with E-state index in [2.05, 4.69) is 60.3 Å². The summed E-state index contributed by atoms with van der Waals surface area (Å²) in [5, 5.41) is 0. The Morgan fingerprint density at radius 3 is 1.02 bits per heavy atom. The highest BCUT2D eigenvalue weighted by molar-refractivity contribution is 7.11. The first kappa shape index (κ1) is 42.4. The van der Waals surface area contributed by atoms with Crippen molar-refractivity contribution in [2.24, 2.45) is 0 Å². The van der Waals surface area contributed by atoms with Crippen molar-refractivity contribution in [1.82, 2.24) is 0 Å². The van der Waals surface area contributed by atoms with Crippen LogP contribution in [0.15, 0.2) is 85.2 Å². The van der Waals surface area contributed by atoms with E-state index in [1.807, 2.05) is 6.07 Å². The molecule has 0 unspecified atom stereocenters. The van der Waals surface area contributed by atoms with Crippen molar-refractivity contribution in [3.63, 3.8) is 0 Å². The number of hydrogen-bond acceptors (Lipinski definition) is 0. The van der Waals surface area contributed by atoms with E-state index in [1.165, 1.54) is 30.0 Å². The summed E-state index contributed by atoms with van der Waals surface area (Å²) in [4.78, 5) is 0. The molecule has 1 aromatic heterocycles. The Hall–Kier alpha value is -5.74. The van der Waals surface area contributed by atoms with E-state index in [-0.39, 0.29) is 0 Å². The Bertz CT molecular complexity index is 2170. The van der Waals surface area contributed by atoms with Crippen molar-refractivity contribution in [1.29, 1.82) is 0 Å². The van der Waals surface area contributed by atoms with Crippen molar-refractivity contribution in [3.8, 4) is 11.1 Å². The zero-order chi connectivity index (χ0) is 41.9. The lowest BCUT2D eigenvalue weighted by atomic mass is 9.13. The van der Waals surface area contributed by atoms with Crippen molar-refractivity contribution in [3.05, 3.63) is 178 Å². The normalized spacial score (nSPS) is 11.4. The molecule has 0 spiro atoms. The first-order valence-electron chi connectivity index (χ1n) is 16.8. The van der Waals surface area contributed by atoms with E-state index >= 15 is 26.3 Å². The van der Waals surface area contributed by atoms with Crippen molar-refractivity contribution in [2.75, 3.05) is 0 Å². The number of halogens is 15. The summed E-state index contributed by atoms with van der Waals surface area (Å²) in [6.07, 6.45) is -0.600. The lowest BCUT2D eigenvalue weighted by Gasteiger charge is -2.44. The summed E-state index contributed by atoms with van der Waals surface area (Å²) < 4.78 is 223. The molecule has 0 saturated heterocycles. The third kappa shape index (κ3) is 7.71. The van der Waals surface area contributed by atoms with Gasteiger partial charge in [0.15, 0.2) is 64.7 Å². The number of pyridine rings is 1. The van der Waals surface area contributed by atoms with Gasteiger partial charge in [-0.1, -0.05) is 79.6 Å². The molecule has 17 heteroatoms. The topological polar surface area (TPSA) is 3.88 Å². The van der Waals surface area contributed by atoms with Gasteiger partial charge in [-0.25, -0.2) is 70.4 Å². The molecule has 1 nitrogen and oxygen atoms in total. The molecule has 0 aliphatic rings. The molecule has 298 valence electrons. The molecule has 5 aromatic carbocycles. The number of aryl methyl sites for hydroxylation is 1. The summed E-state index contributed by atoms with van der Waals surface area (Å²) in [6.45, 7) is 3.34. The zero-order valence-electron chi connectivity index (χ0n) is 29.1. The van der Waals surface area contributed by atoms with Gasteiger partial charge in [0.2, 0.25) is 0 Å². The Morgan fingerprint density at radius 1 is 0.386 bits per heavy atom. The molecular weight excluding hydrogens is 790 g/mol. The fourth-order valence-corrected chi connectivity index (χ4v) is 6.64. The molecule has 6 aromatic rings. The number of nitrogens with zero attached hydrogens (tertiary/aromatic N) is 1. The Labute approximate surface area is 314 Å². The molecule has 0 saturated carbocycles. The number of hydrogen-bond donors (Lipinski definition) is 0. The zero-order valence-corrected chi connectivity index (χ0v) is 29.1. The predicted molar refractivity (Wildman–Crippen MR) is 180 cm³/mol. The summed E-state index contributed by atoms with van der Waals surface area (Å²) >= 11 is 0. The Morgan fingerprint density at radius 2 is 0.684 bits per heavy atom. The molecular formula is C40H25BF15N. The minimum atomic E-state index is -5.59. The minimum Gasteiger partial charge on any atom is -0.207 e. The SMILES string of the molecule is CCCC[n+]1ccc(-c2ccccc2)cc1.Fc1c(F)c(F)c([B-](Cc2ccccc2)(c2c(F)c(F)c(F)c(F)c2F)c2c(F)c(F)c(F)c(F)c2F)c(F)c1F. The molecule has 6 rings (SSSR count). The molecule has 0 bridgehead atoms. The number of benzene rings is 5. The van der Waals surface area contributed by atoms with Crippen LogP contribution in [0.5, 0.6) is 0 Å². The molecule has 0 aliphatic heterocycles. The highest BCUT2D eigenvalue weighted by Crippen LogP contribution is 2.30. The Balaban J connectivity index is 0.000000322. The third-order valence-corrected chi connectivity index (χ3v) is 9.36. The molecule has 0 aliphatic carbocycles. The van der Waals surface area contributed by atoms with Gasteiger partial charge in [0.05, 0.1) is 0 Å². The minimum absolute atomic E-state index is 0.607. The van der Waals surface area contributed by atoms with Crippen molar-refractivity contribution >= 4 is 22.5 Å². The Kier molecular flexibility index (Phi) is 12.8. The molecule has 0 atom stereocenters. The molecule has 0 radical (unpaired) electrons. The maximum Gasteiger partial charge on any atom is 0.200 e. The maximum absolute atomic E-state index is 15.3. The van der Waals surface area contributed by atoms with Crippen molar-refractivity contribution < 1.29 is 70.4 Å². The smallest absolute Gasteiger partial charge is 0.200 e. The van der Waals surface area contributed by atoms with Crippen LogP contribution in [0.1, 0.15) is 25.3 Å². The average molecular weight is 815 g/mol. The highest BCUT2D eigenvalue weighted by Gasteiger charge is 2.48. The van der Waals surface area contributed by atoms with Crippen LogP contribution in [0, 0.1) is 87.3 Å².